The second-order valence-electron chi connectivity index (χ2n) is 6.85. The third-order valence-electron chi connectivity index (χ3n) is 4.43. The zero-order valence-corrected chi connectivity index (χ0v) is 17.3. The van der Waals surface area contributed by atoms with E-state index in [1.165, 1.54) is 6.07 Å². The maximum atomic E-state index is 12.3. The highest BCUT2D eigenvalue weighted by Crippen LogP contribution is 2.19. The van der Waals surface area contributed by atoms with Gasteiger partial charge in [0.2, 0.25) is 0 Å². The molecule has 0 atom stereocenters. The summed E-state index contributed by atoms with van der Waals surface area (Å²) < 4.78 is 46.8. The van der Waals surface area contributed by atoms with Crippen LogP contribution >= 0.6 is 0 Å². The lowest BCUT2D eigenvalue weighted by Gasteiger charge is -2.32. The van der Waals surface area contributed by atoms with Gasteiger partial charge in [-0.25, -0.2) is 9.79 Å². The Kier molecular flexibility index (Phi) is 9.07. The van der Waals surface area contributed by atoms with Crippen LogP contribution < -0.4 is 15.4 Å². The van der Waals surface area contributed by atoms with Gasteiger partial charge in [0.15, 0.2) is 12.6 Å². The van der Waals surface area contributed by atoms with Crippen LogP contribution in [-0.2, 0) is 11.3 Å². The van der Waals surface area contributed by atoms with Crippen LogP contribution in [0.25, 0.3) is 0 Å². The minimum atomic E-state index is -4.38. The van der Waals surface area contributed by atoms with Crippen LogP contribution in [-0.4, -0.2) is 62.0 Å². The molecular weight excluding hydrogens is 401 g/mol. The first-order chi connectivity index (χ1) is 14.3. The Hall–Kier alpha value is -2.65. The number of carbonyl (C=O) groups excluding carboxylic acids is 1. The molecule has 0 unspecified atom stereocenters. The quantitative estimate of drug-likeness (QED) is 0.513. The normalized spacial score (nSPS) is 15.6. The van der Waals surface area contributed by atoms with E-state index in [4.69, 9.17) is 9.47 Å². The SMILES string of the molecule is CCNC(=NCc1cccc(OCC(F)(F)F)c1)NC1CCN(C(=O)OCC)CC1. The summed E-state index contributed by atoms with van der Waals surface area (Å²) in [5, 5.41) is 6.53. The molecule has 1 heterocycles. The van der Waals surface area contributed by atoms with Crippen LogP contribution in [0.15, 0.2) is 29.3 Å². The Bertz CT molecular complexity index is 705. The number of guanidine groups is 1. The fourth-order valence-electron chi connectivity index (χ4n) is 3.00. The molecule has 2 N–H and O–H groups in total. The Labute approximate surface area is 174 Å². The lowest BCUT2D eigenvalue weighted by Crippen LogP contribution is -2.49. The van der Waals surface area contributed by atoms with Crippen molar-refractivity contribution in [1.29, 1.82) is 0 Å². The molecule has 1 aromatic rings. The number of carbonyl (C=O) groups is 1. The number of benzene rings is 1. The van der Waals surface area contributed by atoms with Crippen molar-refractivity contribution >= 4 is 12.1 Å². The van der Waals surface area contributed by atoms with Gasteiger partial charge in [-0.05, 0) is 44.4 Å². The summed E-state index contributed by atoms with van der Waals surface area (Å²) in [6.07, 6.45) is -3.13. The highest BCUT2D eigenvalue weighted by Gasteiger charge is 2.28. The lowest BCUT2D eigenvalue weighted by atomic mass is 10.1. The van der Waals surface area contributed by atoms with Crippen LogP contribution in [0.5, 0.6) is 5.75 Å². The molecular formula is C20H29F3N4O3. The van der Waals surface area contributed by atoms with Gasteiger partial charge in [-0.1, -0.05) is 12.1 Å². The van der Waals surface area contributed by atoms with Crippen molar-refractivity contribution in [1.82, 2.24) is 15.5 Å². The number of amides is 1. The number of rotatable bonds is 7. The Morgan fingerprint density at radius 1 is 1.27 bits per heavy atom. The van der Waals surface area contributed by atoms with Crippen molar-refractivity contribution in [3.05, 3.63) is 29.8 Å². The average Bonchev–Trinajstić information content (AvgIpc) is 2.71. The number of alkyl halides is 3. The highest BCUT2D eigenvalue weighted by molar-refractivity contribution is 5.80. The largest absolute Gasteiger partial charge is 0.484 e. The summed E-state index contributed by atoms with van der Waals surface area (Å²) in [6.45, 7) is 4.94. The predicted octanol–water partition coefficient (Wildman–Crippen LogP) is 3.30. The molecule has 30 heavy (non-hydrogen) atoms. The number of nitrogens with one attached hydrogen (secondary N) is 2. The summed E-state index contributed by atoms with van der Waals surface area (Å²) in [5.41, 5.74) is 0.740. The van der Waals surface area contributed by atoms with Gasteiger partial charge in [0.05, 0.1) is 13.2 Å². The van der Waals surface area contributed by atoms with Gasteiger partial charge in [0.1, 0.15) is 5.75 Å². The molecule has 1 aliphatic heterocycles. The monoisotopic (exact) mass is 430 g/mol. The lowest BCUT2D eigenvalue weighted by molar-refractivity contribution is -0.153. The molecule has 168 valence electrons. The minimum Gasteiger partial charge on any atom is -0.484 e. The summed E-state index contributed by atoms with van der Waals surface area (Å²) in [6, 6.07) is 6.62. The van der Waals surface area contributed by atoms with E-state index in [9.17, 15) is 18.0 Å². The minimum absolute atomic E-state index is 0.157. The van der Waals surface area contributed by atoms with E-state index in [2.05, 4.69) is 15.6 Å². The van der Waals surface area contributed by atoms with E-state index >= 15 is 0 Å². The van der Waals surface area contributed by atoms with Crippen molar-refractivity contribution in [3.63, 3.8) is 0 Å². The Morgan fingerprint density at radius 3 is 2.63 bits per heavy atom. The van der Waals surface area contributed by atoms with Crippen LogP contribution in [0, 0.1) is 0 Å². The van der Waals surface area contributed by atoms with Crippen LogP contribution in [0.3, 0.4) is 0 Å². The van der Waals surface area contributed by atoms with E-state index in [-0.39, 0.29) is 17.9 Å². The average molecular weight is 430 g/mol. The molecule has 0 radical (unpaired) electrons. The van der Waals surface area contributed by atoms with E-state index < -0.39 is 12.8 Å². The smallest absolute Gasteiger partial charge is 0.422 e. The van der Waals surface area contributed by atoms with Gasteiger partial charge in [-0.3, -0.25) is 0 Å². The fourth-order valence-corrected chi connectivity index (χ4v) is 3.00. The Balaban J connectivity index is 1.90. The van der Waals surface area contributed by atoms with Crippen molar-refractivity contribution < 1.29 is 27.4 Å². The summed E-state index contributed by atoms with van der Waals surface area (Å²) in [4.78, 5) is 18.0. The zero-order valence-electron chi connectivity index (χ0n) is 17.3. The number of piperidine rings is 1. The van der Waals surface area contributed by atoms with Crippen molar-refractivity contribution in [2.24, 2.45) is 4.99 Å². The maximum absolute atomic E-state index is 12.3. The molecule has 10 heteroatoms. The number of ether oxygens (including phenoxy) is 2. The molecule has 1 fully saturated rings. The molecule has 0 spiro atoms. The van der Waals surface area contributed by atoms with Crippen molar-refractivity contribution in [2.45, 2.75) is 45.5 Å². The first kappa shape index (κ1) is 23.6. The highest BCUT2D eigenvalue weighted by atomic mass is 19.4. The van der Waals surface area contributed by atoms with Gasteiger partial charge in [-0.15, -0.1) is 0 Å². The molecule has 0 aliphatic carbocycles. The molecule has 0 aromatic heterocycles. The number of aliphatic imine (C=N–C) groups is 1. The van der Waals surface area contributed by atoms with E-state index in [1.54, 1.807) is 30.0 Å². The molecule has 1 aromatic carbocycles. The van der Waals surface area contributed by atoms with Crippen LogP contribution in [0.1, 0.15) is 32.3 Å². The van der Waals surface area contributed by atoms with E-state index in [1.807, 2.05) is 6.92 Å². The third-order valence-corrected chi connectivity index (χ3v) is 4.43. The second kappa shape index (κ2) is 11.5. The molecule has 0 bridgehead atoms. The zero-order chi connectivity index (χ0) is 22.0. The van der Waals surface area contributed by atoms with Crippen molar-refractivity contribution in [2.75, 3.05) is 32.8 Å². The van der Waals surface area contributed by atoms with Crippen LogP contribution in [0.4, 0.5) is 18.0 Å². The number of hydrogen-bond acceptors (Lipinski definition) is 4. The van der Waals surface area contributed by atoms with Gasteiger partial charge in [-0.2, -0.15) is 13.2 Å². The third kappa shape index (κ3) is 8.38. The first-order valence-electron chi connectivity index (χ1n) is 10.1. The van der Waals surface area contributed by atoms with Gasteiger partial charge in [0, 0.05) is 25.7 Å². The molecule has 1 saturated heterocycles. The summed E-state index contributed by atoms with van der Waals surface area (Å²) >= 11 is 0. The molecule has 1 aliphatic rings. The number of likely N-dealkylation sites (tertiary alicyclic amines) is 1. The molecule has 7 nitrogen and oxygen atoms in total. The summed E-state index contributed by atoms with van der Waals surface area (Å²) in [7, 11) is 0. The standard InChI is InChI=1S/C20H29F3N4O3/c1-3-24-18(26-16-8-10-27(11-9-16)19(28)29-4-2)25-13-15-6-5-7-17(12-15)30-14-20(21,22)23/h5-7,12,16H,3-4,8-11,13-14H2,1-2H3,(H2,24,25,26). The topological polar surface area (TPSA) is 75.2 Å². The summed E-state index contributed by atoms with van der Waals surface area (Å²) in [5.74, 6) is 0.776. The molecule has 1 amide bonds. The first-order valence-corrected chi connectivity index (χ1v) is 10.1. The van der Waals surface area contributed by atoms with Gasteiger partial charge < -0.3 is 25.0 Å². The maximum Gasteiger partial charge on any atom is 0.422 e. The number of nitrogens with zero attached hydrogens (tertiary/aromatic N) is 2. The van der Waals surface area contributed by atoms with Crippen molar-refractivity contribution in [3.8, 4) is 5.75 Å². The van der Waals surface area contributed by atoms with Crippen LogP contribution in [0.2, 0.25) is 0 Å². The van der Waals surface area contributed by atoms with E-state index in [0.29, 0.717) is 38.7 Å². The van der Waals surface area contributed by atoms with Gasteiger partial charge in [0.25, 0.3) is 0 Å². The number of halogens is 3. The predicted molar refractivity (Wildman–Crippen MR) is 108 cm³/mol. The second-order valence-corrected chi connectivity index (χ2v) is 6.85. The fraction of sp³-hybridized carbons (Fsp3) is 0.600. The number of hydrogen-bond donors (Lipinski definition) is 2. The molecule has 0 saturated carbocycles. The molecule has 2 rings (SSSR count). The van der Waals surface area contributed by atoms with E-state index in [0.717, 1.165) is 18.4 Å². The Morgan fingerprint density at radius 2 is 2.00 bits per heavy atom. The van der Waals surface area contributed by atoms with Gasteiger partial charge >= 0.3 is 12.3 Å².